The van der Waals surface area contributed by atoms with Crippen LogP contribution in [0.1, 0.15) is 5.56 Å². The van der Waals surface area contributed by atoms with Crippen molar-refractivity contribution >= 4 is 39.0 Å². The van der Waals surface area contributed by atoms with Crippen molar-refractivity contribution in [1.29, 1.82) is 0 Å². The molecule has 2 aromatic carbocycles. The molecule has 10 nitrogen and oxygen atoms in total. The van der Waals surface area contributed by atoms with Crippen LogP contribution in [0.25, 0.3) is 22.6 Å². The van der Waals surface area contributed by atoms with Gasteiger partial charge in [0.05, 0.1) is 5.52 Å². The molecule has 232 valence electrons. The fourth-order valence-electron chi connectivity index (χ4n) is 2.95. The van der Waals surface area contributed by atoms with Crippen LogP contribution in [0.3, 0.4) is 0 Å². The van der Waals surface area contributed by atoms with Crippen molar-refractivity contribution in [3.63, 3.8) is 0 Å². The number of aromatic nitrogens is 3. The molecule has 5 N–H and O–H groups in total. The Balaban J connectivity index is 0.000000384. The number of nitrogens with one attached hydrogen (secondary N) is 2. The quantitative estimate of drug-likeness (QED) is 0.158. The average molecular weight is 681 g/mol. The highest BCUT2D eigenvalue weighted by Crippen LogP contribution is 2.23. The number of rotatable bonds is 8. The number of hydrogen-bond acceptors (Lipinski definition) is 7. The molecule has 4 aromatic rings. The summed E-state index contributed by atoms with van der Waals surface area (Å²) in [5.41, 5.74) is 3.68. The molecule has 17 heteroatoms. The first-order valence-electron chi connectivity index (χ1n) is 11.8. The molecule has 4 rings (SSSR count). The summed E-state index contributed by atoms with van der Waals surface area (Å²) in [7, 11) is 0. The van der Waals surface area contributed by atoms with Crippen LogP contribution < -0.4 is 10.1 Å². The highest BCUT2D eigenvalue weighted by Gasteiger charge is 2.38. The molecule has 2 heterocycles. The molecule has 0 fully saturated rings. The molecule has 2 aromatic heterocycles. The maximum atomic E-state index is 10.6. The number of aromatic amines is 1. The Morgan fingerprint density at radius 1 is 0.953 bits per heavy atom. The number of ether oxygens (including phenoxy) is 1. The first kappa shape index (κ1) is 35.0. The normalized spacial score (nSPS) is 11.9. The molecular formula is C26H23BrF6N4O6. The first-order valence-corrected chi connectivity index (χ1v) is 12.6. The number of aliphatic hydroxyl groups is 1. The van der Waals surface area contributed by atoms with Crippen LogP contribution in [0.5, 0.6) is 5.75 Å². The van der Waals surface area contributed by atoms with E-state index in [2.05, 4.69) is 36.2 Å². The Morgan fingerprint density at radius 2 is 1.51 bits per heavy atom. The molecule has 0 aliphatic heterocycles. The van der Waals surface area contributed by atoms with Gasteiger partial charge < -0.3 is 30.4 Å². The molecule has 43 heavy (non-hydrogen) atoms. The third kappa shape index (κ3) is 12.7. The number of benzene rings is 2. The summed E-state index contributed by atoms with van der Waals surface area (Å²) < 4.78 is 70.1. The molecule has 0 bridgehead atoms. The smallest absolute Gasteiger partial charge is 0.490 e. The lowest BCUT2D eigenvalue weighted by Gasteiger charge is -2.13. The number of carboxylic acid groups (broad SMARTS) is 2. The fraction of sp³-hybridized carbons (Fsp3) is 0.231. The summed E-state index contributed by atoms with van der Waals surface area (Å²) in [6.45, 7) is 1.41. The van der Waals surface area contributed by atoms with Crippen LogP contribution in [-0.4, -0.2) is 73.8 Å². The average Bonchev–Trinajstić information content (AvgIpc) is 3.36. The van der Waals surface area contributed by atoms with Crippen molar-refractivity contribution < 1.29 is 56.0 Å². The van der Waals surface area contributed by atoms with Crippen LogP contribution in [0.4, 0.5) is 26.3 Å². The lowest BCUT2D eigenvalue weighted by atomic mass is 10.2. The van der Waals surface area contributed by atoms with Crippen molar-refractivity contribution in [2.75, 3.05) is 13.2 Å². The summed E-state index contributed by atoms with van der Waals surface area (Å²) in [6, 6.07) is 19.6. The molecule has 0 aliphatic rings. The summed E-state index contributed by atoms with van der Waals surface area (Å²) in [6.07, 6.45) is -9.03. The second kappa shape index (κ2) is 15.9. The molecule has 0 amide bonds. The monoisotopic (exact) mass is 680 g/mol. The number of alkyl halides is 6. The van der Waals surface area contributed by atoms with E-state index in [1.54, 1.807) is 6.20 Å². The summed E-state index contributed by atoms with van der Waals surface area (Å²) in [5, 5.41) is 27.6. The number of halogens is 7. The zero-order chi connectivity index (χ0) is 32.2. The topological polar surface area (TPSA) is 158 Å². The molecule has 1 unspecified atom stereocenters. The van der Waals surface area contributed by atoms with E-state index in [-0.39, 0.29) is 6.61 Å². The predicted molar refractivity (Wildman–Crippen MR) is 144 cm³/mol. The van der Waals surface area contributed by atoms with E-state index < -0.39 is 30.4 Å². The van der Waals surface area contributed by atoms with Gasteiger partial charge in [-0.2, -0.15) is 26.3 Å². The van der Waals surface area contributed by atoms with E-state index >= 15 is 0 Å². The zero-order valence-electron chi connectivity index (χ0n) is 21.7. The molecule has 0 spiro atoms. The number of imidazole rings is 1. The second-order valence-corrected chi connectivity index (χ2v) is 9.24. The maximum Gasteiger partial charge on any atom is 0.490 e. The SMILES string of the molecule is O=C(O)C(F)(F)F.O=C(O)C(F)(F)F.OC(CNCc1ccccc1)COc1ccc(-c2nc3ncc(Br)cc3[nH]2)cc1. The Kier molecular flexibility index (Phi) is 12.9. The maximum absolute atomic E-state index is 10.6. The third-order valence-electron chi connectivity index (χ3n) is 4.91. The van der Waals surface area contributed by atoms with Crippen molar-refractivity contribution in [2.24, 2.45) is 0 Å². The van der Waals surface area contributed by atoms with Gasteiger partial charge in [-0.15, -0.1) is 0 Å². The number of H-pyrrole nitrogens is 1. The fourth-order valence-corrected chi connectivity index (χ4v) is 3.28. The van der Waals surface area contributed by atoms with Gasteiger partial charge in [-0.05, 0) is 51.8 Å². The van der Waals surface area contributed by atoms with Crippen molar-refractivity contribution in [2.45, 2.75) is 25.0 Å². The van der Waals surface area contributed by atoms with Gasteiger partial charge in [0.2, 0.25) is 0 Å². The predicted octanol–water partition coefficient (Wildman–Crippen LogP) is 5.18. The largest absolute Gasteiger partial charge is 0.491 e. The van der Waals surface area contributed by atoms with E-state index in [0.29, 0.717) is 17.9 Å². The lowest BCUT2D eigenvalue weighted by Crippen LogP contribution is -2.31. The van der Waals surface area contributed by atoms with Gasteiger partial charge in [0.25, 0.3) is 0 Å². The van der Waals surface area contributed by atoms with Crippen molar-refractivity contribution in [3.05, 3.63) is 76.9 Å². The minimum absolute atomic E-state index is 0.226. The van der Waals surface area contributed by atoms with Crippen LogP contribution >= 0.6 is 15.9 Å². The Hall–Kier alpha value is -4.22. The Bertz CT molecular complexity index is 1440. The van der Waals surface area contributed by atoms with E-state index in [4.69, 9.17) is 24.5 Å². The van der Waals surface area contributed by atoms with Gasteiger partial charge in [0, 0.05) is 29.3 Å². The van der Waals surface area contributed by atoms with Crippen LogP contribution in [0, 0.1) is 0 Å². The highest BCUT2D eigenvalue weighted by molar-refractivity contribution is 9.10. The molecule has 1 atom stereocenters. The number of carboxylic acids is 2. The second-order valence-electron chi connectivity index (χ2n) is 8.32. The first-order chi connectivity index (χ1) is 20.1. The lowest BCUT2D eigenvalue weighted by molar-refractivity contribution is -0.193. The van der Waals surface area contributed by atoms with Crippen molar-refractivity contribution in [3.8, 4) is 17.1 Å². The van der Waals surface area contributed by atoms with Gasteiger partial charge >= 0.3 is 24.3 Å². The van der Waals surface area contributed by atoms with Gasteiger partial charge in [-0.25, -0.2) is 19.6 Å². The molecular weight excluding hydrogens is 658 g/mol. The number of pyridine rings is 1. The molecule has 0 saturated carbocycles. The number of fused-ring (bicyclic) bond motifs is 1. The van der Waals surface area contributed by atoms with Crippen LogP contribution in [0.2, 0.25) is 0 Å². The third-order valence-corrected chi connectivity index (χ3v) is 5.34. The van der Waals surface area contributed by atoms with Crippen LogP contribution in [0.15, 0.2) is 71.3 Å². The minimum Gasteiger partial charge on any atom is -0.491 e. The summed E-state index contributed by atoms with van der Waals surface area (Å²) >= 11 is 3.41. The number of aliphatic carboxylic acids is 2. The highest BCUT2D eigenvalue weighted by atomic mass is 79.9. The Morgan fingerprint density at radius 3 is 2.05 bits per heavy atom. The van der Waals surface area contributed by atoms with Gasteiger partial charge in [-0.3, -0.25) is 0 Å². The number of hydrogen-bond donors (Lipinski definition) is 5. The zero-order valence-corrected chi connectivity index (χ0v) is 23.2. The Labute approximate surface area is 247 Å². The molecule has 0 radical (unpaired) electrons. The molecule has 0 aliphatic carbocycles. The summed E-state index contributed by atoms with van der Waals surface area (Å²) in [4.78, 5) is 29.9. The standard InChI is InChI=1S/C22H21BrN4O2.2C2HF3O2/c23-17-10-20-22(25-12-17)27-21(26-20)16-6-8-19(9-7-16)29-14-18(28)13-24-11-15-4-2-1-3-5-15;2*3-2(4,5)1(6)7/h1-10,12,18,24,28H,11,13-14H2,(H,25,26,27);2*(H,6,7). The van der Waals surface area contributed by atoms with E-state index in [1.165, 1.54) is 5.56 Å². The van der Waals surface area contributed by atoms with Crippen LogP contribution in [-0.2, 0) is 16.1 Å². The van der Waals surface area contributed by atoms with E-state index in [1.807, 2.05) is 60.7 Å². The van der Waals surface area contributed by atoms with E-state index in [0.717, 1.165) is 27.9 Å². The molecule has 0 saturated heterocycles. The number of aliphatic hydroxyl groups excluding tert-OH is 1. The van der Waals surface area contributed by atoms with Gasteiger partial charge in [0.1, 0.15) is 24.3 Å². The van der Waals surface area contributed by atoms with E-state index in [9.17, 15) is 31.4 Å². The van der Waals surface area contributed by atoms with Gasteiger partial charge in [0.15, 0.2) is 5.65 Å². The minimum atomic E-state index is -5.08. The summed E-state index contributed by atoms with van der Waals surface area (Å²) in [5.74, 6) is -4.06. The van der Waals surface area contributed by atoms with Crippen molar-refractivity contribution in [1.82, 2.24) is 20.3 Å². The van der Waals surface area contributed by atoms with Gasteiger partial charge in [-0.1, -0.05) is 30.3 Å². The number of carbonyl (C=O) groups is 2. The number of nitrogens with zero attached hydrogens (tertiary/aromatic N) is 2.